The minimum Gasteiger partial charge on any atom is -0.383 e. The van der Waals surface area contributed by atoms with Crippen molar-refractivity contribution < 1.29 is 9.53 Å². The third-order valence-electron chi connectivity index (χ3n) is 2.41. The van der Waals surface area contributed by atoms with Crippen molar-refractivity contribution >= 4 is 11.6 Å². The molecule has 1 rings (SSSR count). The molecule has 100 valence electrons. The fourth-order valence-corrected chi connectivity index (χ4v) is 1.71. The number of amides is 1. The fraction of sp³-hybridized carbons (Fsp3) is 0.500. The maximum absolute atomic E-state index is 12.1. The lowest BCUT2D eigenvalue weighted by Gasteiger charge is -2.17. The third kappa shape index (κ3) is 4.37. The Hall–Kier alpha value is -1.55. The van der Waals surface area contributed by atoms with Crippen LogP contribution in [-0.2, 0) is 4.74 Å². The molecule has 0 heterocycles. The summed E-state index contributed by atoms with van der Waals surface area (Å²) in [5.74, 6) is -0.0803. The highest BCUT2D eigenvalue weighted by atomic mass is 16.5. The van der Waals surface area contributed by atoms with Crippen LogP contribution in [0.1, 0.15) is 31.1 Å². The van der Waals surface area contributed by atoms with Crippen LogP contribution < -0.4 is 10.6 Å². The predicted molar refractivity (Wildman–Crippen MR) is 74.0 cm³/mol. The van der Waals surface area contributed by atoms with E-state index in [9.17, 15) is 4.79 Å². The third-order valence-corrected chi connectivity index (χ3v) is 2.41. The Morgan fingerprint density at radius 3 is 2.56 bits per heavy atom. The molecule has 0 aliphatic carbocycles. The topological polar surface area (TPSA) is 50.4 Å². The van der Waals surface area contributed by atoms with Crippen molar-refractivity contribution in [2.24, 2.45) is 0 Å². The van der Waals surface area contributed by atoms with E-state index in [-0.39, 0.29) is 18.0 Å². The molecule has 0 aromatic heterocycles. The largest absolute Gasteiger partial charge is 0.383 e. The molecule has 18 heavy (non-hydrogen) atoms. The smallest absolute Gasteiger partial charge is 0.253 e. The van der Waals surface area contributed by atoms with Gasteiger partial charge >= 0.3 is 0 Å². The summed E-state index contributed by atoms with van der Waals surface area (Å²) in [6, 6.07) is 7.79. The van der Waals surface area contributed by atoms with Gasteiger partial charge in [0.2, 0.25) is 0 Å². The maximum atomic E-state index is 12.1. The summed E-state index contributed by atoms with van der Waals surface area (Å²) in [5.41, 5.74) is 1.52. The van der Waals surface area contributed by atoms with E-state index in [1.54, 1.807) is 7.11 Å². The summed E-state index contributed by atoms with van der Waals surface area (Å²) in [6.45, 7) is 6.51. The molecule has 0 aliphatic rings. The molecule has 1 aromatic rings. The molecule has 1 aromatic carbocycles. The molecule has 1 atom stereocenters. The van der Waals surface area contributed by atoms with Crippen LogP contribution in [0.5, 0.6) is 0 Å². The number of nitrogens with one attached hydrogen (secondary N) is 2. The minimum absolute atomic E-state index is 0.00499. The van der Waals surface area contributed by atoms with Gasteiger partial charge in [-0.2, -0.15) is 0 Å². The first-order valence-corrected chi connectivity index (χ1v) is 6.20. The first-order valence-electron chi connectivity index (χ1n) is 6.20. The van der Waals surface area contributed by atoms with Gasteiger partial charge in [0.15, 0.2) is 0 Å². The van der Waals surface area contributed by atoms with Gasteiger partial charge in [-0.3, -0.25) is 4.79 Å². The number of para-hydroxylation sites is 1. The lowest BCUT2D eigenvalue weighted by Crippen LogP contribution is -2.36. The second-order valence-corrected chi connectivity index (χ2v) is 4.67. The Kier molecular flexibility index (Phi) is 5.65. The molecular formula is C14H22N2O2. The van der Waals surface area contributed by atoms with Crippen LogP contribution >= 0.6 is 0 Å². The number of benzene rings is 1. The summed E-state index contributed by atoms with van der Waals surface area (Å²) in [6.07, 6.45) is 0. The molecule has 4 heteroatoms. The van der Waals surface area contributed by atoms with Gasteiger partial charge < -0.3 is 15.4 Å². The molecule has 0 fully saturated rings. The van der Waals surface area contributed by atoms with Gasteiger partial charge in [0, 0.05) is 24.9 Å². The quantitative estimate of drug-likeness (QED) is 0.814. The number of hydrogen-bond acceptors (Lipinski definition) is 3. The average Bonchev–Trinajstić information content (AvgIpc) is 2.28. The molecule has 0 radical (unpaired) electrons. The molecule has 0 aliphatic heterocycles. The normalized spacial score (nSPS) is 12.3. The number of ether oxygens (including phenoxy) is 1. The lowest BCUT2D eigenvalue weighted by atomic mass is 10.1. The van der Waals surface area contributed by atoms with Crippen LogP contribution in [0, 0.1) is 0 Å². The van der Waals surface area contributed by atoms with Gasteiger partial charge in [0.1, 0.15) is 0 Å². The van der Waals surface area contributed by atoms with Crippen molar-refractivity contribution in [1.29, 1.82) is 0 Å². The Labute approximate surface area is 109 Å². The summed E-state index contributed by atoms with van der Waals surface area (Å²) < 4.78 is 5.00. The van der Waals surface area contributed by atoms with E-state index in [1.165, 1.54) is 0 Å². The van der Waals surface area contributed by atoms with Gasteiger partial charge in [0.25, 0.3) is 5.91 Å². The fourth-order valence-electron chi connectivity index (χ4n) is 1.71. The van der Waals surface area contributed by atoms with E-state index < -0.39 is 0 Å². The number of methoxy groups -OCH3 is 1. The molecule has 4 nitrogen and oxygen atoms in total. The van der Waals surface area contributed by atoms with Gasteiger partial charge in [-0.25, -0.2) is 0 Å². The van der Waals surface area contributed by atoms with Crippen molar-refractivity contribution in [3.63, 3.8) is 0 Å². The predicted octanol–water partition coefficient (Wildman–Crippen LogP) is 2.27. The maximum Gasteiger partial charge on any atom is 0.253 e. The van der Waals surface area contributed by atoms with Crippen LogP contribution in [0.4, 0.5) is 5.69 Å². The van der Waals surface area contributed by atoms with E-state index in [4.69, 9.17) is 4.74 Å². The Morgan fingerprint density at radius 2 is 1.94 bits per heavy atom. The molecule has 2 N–H and O–H groups in total. The van der Waals surface area contributed by atoms with Gasteiger partial charge in [-0.1, -0.05) is 12.1 Å². The van der Waals surface area contributed by atoms with Crippen molar-refractivity contribution in [3.8, 4) is 0 Å². The molecule has 0 saturated carbocycles. The minimum atomic E-state index is -0.0803. The molecule has 0 bridgehead atoms. The molecule has 1 amide bonds. The monoisotopic (exact) mass is 250 g/mol. The zero-order chi connectivity index (χ0) is 13.5. The lowest BCUT2D eigenvalue weighted by molar-refractivity contribution is 0.0906. The van der Waals surface area contributed by atoms with Crippen LogP contribution in [0.3, 0.4) is 0 Å². The molecular weight excluding hydrogens is 228 g/mol. The van der Waals surface area contributed by atoms with Gasteiger partial charge in [0.05, 0.1) is 12.2 Å². The summed E-state index contributed by atoms with van der Waals surface area (Å²) in [7, 11) is 1.62. The molecule has 1 unspecified atom stereocenters. The van der Waals surface area contributed by atoms with Crippen LogP contribution in [0.2, 0.25) is 0 Å². The highest BCUT2D eigenvalue weighted by Crippen LogP contribution is 2.16. The molecule has 0 spiro atoms. The Bertz CT molecular complexity index is 391. The first-order chi connectivity index (χ1) is 8.54. The van der Waals surface area contributed by atoms with Crippen molar-refractivity contribution in [2.75, 3.05) is 19.0 Å². The van der Waals surface area contributed by atoms with Crippen molar-refractivity contribution in [2.45, 2.75) is 32.9 Å². The number of carbonyl (C=O) groups is 1. The van der Waals surface area contributed by atoms with E-state index in [0.717, 1.165) is 5.69 Å². The SMILES string of the molecule is COCC(C)NC(=O)c1ccccc1NC(C)C. The second-order valence-electron chi connectivity index (χ2n) is 4.67. The Balaban J connectivity index is 2.78. The van der Waals surface area contributed by atoms with E-state index in [0.29, 0.717) is 12.2 Å². The Morgan fingerprint density at radius 1 is 1.28 bits per heavy atom. The zero-order valence-electron chi connectivity index (χ0n) is 11.5. The van der Waals surface area contributed by atoms with Crippen LogP contribution in [0.15, 0.2) is 24.3 Å². The number of anilines is 1. The average molecular weight is 250 g/mol. The number of hydrogen-bond donors (Lipinski definition) is 2. The van der Waals surface area contributed by atoms with Crippen molar-refractivity contribution in [1.82, 2.24) is 5.32 Å². The highest BCUT2D eigenvalue weighted by Gasteiger charge is 2.13. The molecule has 0 saturated heterocycles. The van der Waals surface area contributed by atoms with E-state index in [2.05, 4.69) is 10.6 Å². The number of rotatable bonds is 6. The summed E-state index contributed by atoms with van der Waals surface area (Å²) in [5, 5.41) is 6.17. The van der Waals surface area contributed by atoms with Gasteiger partial charge in [-0.05, 0) is 32.9 Å². The van der Waals surface area contributed by atoms with E-state index >= 15 is 0 Å². The first kappa shape index (κ1) is 14.5. The second kappa shape index (κ2) is 7.01. The standard InChI is InChI=1S/C14H22N2O2/c1-10(2)15-13-8-6-5-7-12(13)14(17)16-11(3)9-18-4/h5-8,10-11,15H,9H2,1-4H3,(H,16,17). The zero-order valence-corrected chi connectivity index (χ0v) is 11.5. The highest BCUT2D eigenvalue weighted by molar-refractivity contribution is 5.99. The van der Waals surface area contributed by atoms with Crippen LogP contribution in [0.25, 0.3) is 0 Å². The van der Waals surface area contributed by atoms with E-state index in [1.807, 2.05) is 45.0 Å². The summed E-state index contributed by atoms with van der Waals surface area (Å²) >= 11 is 0. The van der Waals surface area contributed by atoms with Gasteiger partial charge in [-0.15, -0.1) is 0 Å². The number of carbonyl (C=O) groups excluding carboxylic acids is 1. The van der Waals surface area contributed by atoms with Crippen LogP contribution in [-0.4, -0.2) is 31.7 Å². The van der Waals surface area contributed by atoms with Crippen molar-refractivity contribution in [3.05, 3.63) is 29.8 Å². The summed E-state index contributed by atoms with van der Waals surface area (Å²) in [4.78, 5) is 12.1.